The number of benzene rings is 1. The molecule has 0 amide bonds. The SMILES string of the molecule is COCCNCCOCCOc1c(C)cc(C)cc1Cl.O=C(O)C(=O)O. The number of carbonyl (C=O) groups is 2. The number of carboxylic acids is 2. The molecular weight excluding hydrogens is 366 g/mol. The monoisotopic (exact) mass is 391 g/mol. The predicted octanol–water partition coefficient (Wildman–Crippen LogP) is 1.74. The maximum Gasteiger partial charge on any atom is 0.414 e. The van der Waals surface area contributed by atoms with E-state index in [0.29, 0.717) is 31.5 Å². The summed E-state index contributed by atoms with van der Waals surface area (Å²) >= 11 is 6.16. The van der Waals surface area contributed by atoms with Crippen molar-refractivity contribution in [2.45, 2.75) is 13.8 Å². The van der Waals surface area contributed by atoms with E-state index in [2.05, 4.69) is 11.4 Å². The van der Waals surface area contributed by atoms with Gasteiger partial charge in [0.2, 0.25) is 0 Å². The summed E-state index contributed by atoms with van der Waals surface area (Å²) in [6, 6.07) is 3.96. The van der Waals surface area contributed by atoms with Gasteiger partial charge in [0.05, 0.1) is 24.8 Å². The molecule has 148 valence electrons. The Kier molecular flexibility index (Phi) is 13.3. The summed E-state index contributed by atoms with van der Waals surface area (Å²) in [7, 11) is 1.69. The molecule has 1 rings (SSSR count). The van der Waals surface area contributed by atoms with Gasteiger partial charge in [0.15, 0.2) is 0 Å². The van der Waals surface area contributed by atoms with E-state index in [1.165, 1.54) is 0 Å². The minimum atomic E-state index is -1.82. The number of hydrogen-bond donors (Lipinski definition) is 3. The van der Waals surface area contributed by atoms with Crippen LogP contribution in [0.4, 0.5) is 0 Å². The predicted molar refractivity (Wildman–Crippen MR) is 97.3 cm³/mol. The molecule has 0 aliphatic heterocycles. The molecule has 1 aromatic carbocycles. The van der Waals surface area contributed by atoms with Crippen LogP contribution in [-0.4, -0.2) is 68.8 Å². The molecule has 0 radical (unpaired) electrons. The zero-order valence-corrected chi connectivity index (χ0v) is 16.0. The minimum absolute atomic E-state index is 0.502. The number of aryl methyl sites for hydroxylation is 2. The molecule has 8 nitrogen and oxygen atoms in total. The summed E-state index contributed by atoms with van der Waals surface area (Å²) in [4.78, 5) is 18.2. The largest absolute Gasteiger partial charge is 0.489 e. The number of ether oxygens (including phenoxy) is 3. The van der Waals surface area contributed by atoms with Crippen molar-refractivity contribution in [3.63, 3.8) is 0 Å². The summed E-state index contributed by atoms with van der Waals surface area (Å²) in [5.41, 5.74) is 2.19. The van der Waals surface area contributed by atoms with Crippen LogP contribution < -0.4 is 10.1 Å². The van der Waals surface area contributed by atoms with Gasteiger partial charge in [0, 0.05) is 20.2 Å². The number of rotatable bonds is 10. The van der Waals surface area contributed by atoms with Gasteiger partial charge in [-0.25, -0.2) is 9.59 Å². The lowest BCUT2D eigenvalue weighted by Gasteiger charge is -2.12. The summed E-state index contributed by atoms with van der Waals surface area (Å²) in [5, 5.41) is 18.6. The van der Waals surface area contributed by atoms with E-state index in [1.54, 1.807) is 7.11 Å². The van der Waals surface area contributed by atoms with Crippen molar-refractivity contribution < 1.29 is 34.0 Å². The molecule has 0 saturated carbocycles. The van der Waals surface area contributed by atoms with E-state index in [1.807, 2.05) is 19.9 Å². The highest BCUT2D eigenvalue weighted by molar-refractivity contribution is 6.32. The first-order valence-electron chi connectivity index (χ1n) is 7.92. The molecule has 0 unspecified atom stereocenters. The van der Waals surface area contributed by atoms with E-state index in [0.717, 1.165) is 30.0 Å². The third-order valence-electron chi connectivity index (χ3n) is 2.94. The first-order valence-corrected chi connectivity index (χ1v) is 8.30. The van der Waals surface area contributed by atoms with Gasteiger partial charge in [-0.15, -0.1) is 0 Å². The van der Waals surface area contributed by atoms with Crippen LogP contribution in [0.2, 0.25) is 5.02 Å². The van der Waals surface area contributed by atoms with Gasteiger partial charge in [0.25, 0.3) is 0 Å². The molecule has 0 saturated heterocycles. The average Bonchev–Trinajstić information content (AvgIpc) is 2.55. The van der Waals surface area contributed by atoms with Crippen molar-refractivity contribution in [3.8, 4) is 5.75 Å². The van der Waals surface area contributed by atoms with Crippen molar-refractivity contribution >= 4 is 23.5 Å². The van der Waals surface area contributed by atoms with Crippen LogP contribution in [0.15, 0.2) is 12.1 Å². The molecule has 3 N–H and O–H groups in total. The standard InChI is InChI=1S/C15H24ClNO3.C2H2O4/c1-12-10-13(2)15(14(16)11-12)20-9-8-19-7-5-17-4-6-18-3;3-1(4)2(5)6/h10-11,17H,4-9H2,1-3H3;(H,3,4)(H,5,6). The topological polar surface area (TPSA) is 114 Å². The third-order valence-corrected chi connectivity index (χ3v) is 3.22. The average molecular weight is 392 g/mol. The van der Waals surface area contributed by atoms with Gasteiger partial charge in [-0.1, -0.05) is 17.7 Å². The normalized spacial score (nSPS) is 10.0. The maximum absolute atomic E-state index is 9.10. The second kappa shape index (κ2) is 14.3. The number of methoxy groups -OCH3 is 1. The van der Waals surface area contributed by atoms with Crippen LogP contribution in [0.3, 0.4) is 0 Å². The lowest BCUT2D eigenvalue weighted by Crippen LogP contribution is -2.24. The first-order chi connectivity index (χ1) is 12.3. The molecule has 0 atom stereocenters. The van der Waals surface area contributed by atoms with Crippen LogP contribution >= 0.6 is 11.6 Å². The number of nitrogens with one attached hydrogen (secondary N) is 1. The second-order valence-corrected chi connectivity index (χ2v) is 5.61. The van der Waals surface area contributed by atoms with Crippen LogP contribution in [-0.2, 0) is 19.1 Å². The quantitative estimate of drug-likeness (QED) is 0.408. The van der Waals surface area contributed by atoms with Crippen molar-refractivity contribution in [1.29, 1.82) is 0 Å². The van der Waals surface area contributed by atoms with Crippen molar-refractivity contribution in [2.24, 2.45) is 0 Å². The van der Waals surface area contributed by atoms with Crippen molar-refractivity contribution in [1.82, 2.24) is 5.32 Å². The Morgan fingerprint density at radius 1 is 1.04 bits per heavy atom. The zero-order chi connectivity index (χ0) is 19.9. The third kappa shape index (κ3) is 11.6. The second-order valence-electron chi connectivity index (χ2n) is 5.21. The molecule has 0 fully saturated rings. The van der Waals surface area contributed by atoms with Gasteiger partial charge in [-0.05, 0) is 31.0 Å². The Morgan fingerprint density at radius 2 is 1.65 bits per heavy atom. The van der Waals surface area contributed by atoms with Gasteiger partial charge in [-0.3, -0.25) is 0 Å². The number of hydrogen-bond acceptors (Lipinski definition) is 6. The molecular formula is C17H26ClNO7. The molecule has 1 aromatic rings. The van der Waals surface area contributed by atoms with Crippen LogP contribution in [0, 0.1) is 13.8 Å². The van der Waals surface area contributed by atoms with Crippen LogP contribution in [0.5, 0.6) is 5.75 Å². The molecule has 0 aliphatic rings. The number of halogens is 1. The fourth-order valence-corrected chi connectivity index (χ4v) is 2.21. The summed E-state index contributed by atoms with van der Waals surface area (Å²) in [5.74, 6) is -2.90. The molecule has 0 heterocycles. The molecule has 0 bridgehead atoms. The Bertz CT molecular complexity index is 531. The zero-order valence-electron chi connectivity index (χ0n) is 15.2. The number of aliphatic carboxylic acids is 2. The van der Waals surface area contributed by atoms with Crippen LogP contribution in [0.25, 0.3) is 0 Å². The van der Waals surface area contributed by atoms with E-state index in [9.17, 15) is 0 Å². The molecule has 26 heavy (non-hydrogen) atoms. The van der Waals surface area contributed by atoms with Gasteiger partial charge < -0.3 is 29.7 Å². The van der Waals surface area contributed by atoms with Gasteiger partial charge in [0.1, 0.15) is 12.4 Å². The Morgan fingerprint density at radius 3 is 2.19 bits per heavy atom. The lowest BCUT2D eigenvalue weighted by molar-refractivity contribution is -0.159. The number of carboxylic acid groups (broad SMARTS) is 2. The van der Waals surface area contributed by atoms with Crippen LogP contribution in [0.1, 0.15) is 11.1 Å². The smallest absolute Gasteiger partial charge is 0.414 e. The fourth-order valence-electron chi connectivity index (χ4n) is 1.83. The van der Waals surface area contributed by atoms with Gasteiger partial charge >= 0.3 is 11.9 Å². The summed E-state index contributed by atoms with van der Waals surface area (Å²) < 4.78 is 16.1. The van der Waals surface area contributed by atoms with E-state index in [4.69, 9.17) is 45.6 Å². The van der Waals surface area contributed by atoms with Gasteiger partial charge in [-0.2, -0.15) is 0 Å². The Hall–Kier alpha value is -1.87. The van der Waals surface area contributed by atoms with E-state index >= 15 is 0 Å². The van der Waals surface area contributed by atoms with E-state index in [-0.39, 0.29) is 0 Å². The molecule has 9 heteroatoms. The first kappa shape index (κ1) is 24.1. The molecule has 0 aromatic heterocycles. The Balaban J connectivity index is 0.000000896. The maximum atomic E-state index is 9.10. The molecule has 0 aliphatic carbocycles. The summed E-state index contributed by atoms with van der Waals surface area (Å²) in [6.45, 7) is 8.10. The highest BCUT2D eigenvalue weighted by Crippen LogP contribution is 2.29. The minimum Gasteiger partial charge on any atom is -0.489 e. The fraction of sp³-hybridized carbons (Fsp3) is 0.529. The highest BCUT2D eigenvalue weighted by atomic mass is 35.5. The molecule has 0 spiro atoms. The van der Waals surface area contributed by atoms with Crippen molar-refractivity contribution in [3.05, 3.63) is 28.3 Å². The lowest BCUT2D eigenvalue weighted by atomic mass is 10.1. The van der Waals surface area contributed by atoms with Crippen molar-refractivity contribution in [2.75, 3.05) is 46.6 Å². The summed E-state index contributed by atoms with van der Waals surface area (Å²) in [6.07, 6.45) is 0. The Labute approximate surface area is 158 Å². The van der Waals surface area contributed by atoms with E-state index < -0.39 is 11.9 Å². The highest BCUT2D eigenvalue weighted by Gasteiger charge is 2.06.